The first-order valence-corrected chi connectivity index (χ1v) is 9.95. The minimum Gasteiger partial charge on any atom is -0.379 e. The van der Waals surface area contributed by atoms with Crippen LogP contribution in [-0.4, -0.2) is 26.1 Å². The number of hydrogen-bond acceptors (Lipinski definition) is 5. The molecule has 0 aliphatic rings. The molecule has 3 aromatic carbocycles. The zero-order valence-corrected chi connectivity index (χ0v) is 15.0. The molecule has 0 atom stereocenters. The van der Waals surface area contributed by atoms with Crippen LogP contribution in [-0.2, 0) is 16.3 Å². The largest absolute Gasteiger partial charge is 0.379 e. The molecule has 0 aliphatic heterocycles. The second-order valence-electron chi connectivity index (χ2n) is 6.00. The van der Waals surface area contributed by atoms with E-state index in [9.17, 15) is 18.5 Å². The Labute approximate surface area is 151 Å². The van der Waals surface area contributed by atoms with Crippen LogP contribution in [0.1, 0.15) is 5.56 Å². The molecule has 0 spiro atoms. The predicted octanol–water partition coefficient (Wildman–Crippen LogP) is 3.81. The van der Waals surface area contributed by atoms with Gasteiger partial charge in [-0.1, -0.05) is 48.5 Å². The Morgan fingerprint density at radius 3 is 2.42 bits per heavy atom. The van der Waals surface area contributed by atoms with Gasteiger partial charge in [0, 0.05) is 12.8 Å². The highest BCUT2D eigenvalue weighted by Crippen LogP contribution is 2.32. The standard InChI is InChI=1S/C19H18N2O4S/c1-26(24,25)18-11-5-10-17(19(18)21(22)23)20-13-12-15-8-4-7-14-6-2-3-9-16(14)15/h2-11,20H,12-13H2,1H3. The van der Waals surface area contributed by atoms with E-state index in [4.69, 9.17) is 0 Å². The summed E-state index contributed by atoms with van der Waals surface area (Å²) in [6.45, 7) is 0.446. The summed E-state index contributed by atoms with van der Waals surface area (Å²) >= 11 is 0. The van der Waals surface area contributed by atoms with E-state index in [2.05, 4.69) is 5.32 Å². The summed E-state index contributed by atoms with van der Waals surface area (Å²) in [6, 6.07) is 18.3. The summed E-state index contributed by atoms with van der Waals surface area (Å²) in [7, 11) is -3.69. The number of nitrogens with one attached hydrogen (secondary N) is 1. The van der Waals surface area contributed by atoms with Gasteiger partial charge in [-0.3, -0.25) is 10.1 Å². The molecule has 1 N–H and O–H groups in total. The number of nitrogens with zero attached hydrogens (tertiary/aromatic N) is 1. The monoisotopic (exact) mass is 370 g/mol. The maximum atomic E-state index is 11.8. The lowest BCUT2D eigenvalue weighted by atomic mass is 10.0. The summed E-state index contributed by atoms with van der Waals surface area (Å²) < 4.78 is 23.6. The smallest absolute Gasteiger partial charge is 0.310 e. The number of nitro groups is 1. The molecule has 6 nitrogen and oxygen atoms in total. The Balaban J connectivity index is 1.85. The molecule has 134 valence electrons. The van der Waals surface area contributed by atoms with Gasteiger partial charge in [-0.15, -0.1) is 0 Å². The molecule has 0 heterocycles. The predicted molar refractivity (Wildman–Crippen MR) is 102 cm³/mol. The summed E-state index contributed by atoms with van der Waals surface area (Å²) in [5.74, 6) is 0. The van der Waals surface area contributed by atoms with Crippen molar-refractivity contribution >= 4 is 32.0 Å². The molecule has 0 saturated carbocycles. The highest BCUT2D eigenvalue weighted by atomic mass is 32.2. The van der Waals surface area contributed by atoms with Crippen LogP contribution in [0.4, 0.5) is 11.4 Å². The fourth-order valence-electron chi connectivity index (χ4n) is 2.99. The molecule has 7 heteroatoms. The zero-order chi connectivity index (χ0) is 18.7. The minimum atomic E-state index is -3.69. The number of hydrogen-bond donors (Lipinski definition) is 1. The molecule has 3 aromatic rings. The highest BCUT2D eigenvalue weighted by molar-refractivity contribution is 7.90. The van der Waals surface area contributed by atoms with E-state index >= 15 is 0 Å². The van der Waals surface area contributed by atoms with Gasteiger partial charge in [0.2, 0.25) is 0 Å². The molecular weight excluding hydrogens is 352 g/mol. The molecular formula is C19H18N2O4S. The third-order valence-electron chi connectivity index (χ3n) is 4.17. The lowest BCUT2D eigenvalue weighted by molar-refractivity contribution is -0.386. The highest BCUT2D eigenvalue weighted by Gasteiger charge is 2.25. The van der Waals surface area contributed by atoms with Crippen LogP contribution in [0.15, 0.2) is 65.6 Å². The van der Waals surface area contributed by atoms with Gasteiger partial charge in [0.05, 0.1) is 4.92 Å². The summed E-state index contributed by atoms with van der Waals surface area (Å²) in [5.41, 5.74) is 0.920. The van der Waals surface area contributed by atoms with Crippen LogP contribution in [0.3, 0.4) is 0 Å². The average molecular weight is 370 g/mol. The van der Waals surface area contributed by atoms with E-state index in [1.165, 1.54) is 18.2 Å². The Morgan fingerprint density at radius 2 is 1.69 bits per heavy atom. The Bertz CT molecular complexity index is 1070. The number of nitro benzene ring substituents is 1. The Morgan fingerprint density at radius 1 is 1.00 bits per heavy atom. The quantitative estimate of drug-likeness (QED) is 0.526. The maximum Gasteiger partial charge on any atom is 0.310 e. The summed E-state index contributed by atoms with van der Waals surface area (Å²) in [4.78, 5) is 10.5. The Kier molecular flexibility index (Phi) is 4.90. The van der Waals surface area contributed by atoms with Gasteiger partial charge in [-0.05, 0) is 34.9 Å². The first-order valence-electron chi connectivity index (χ1n) is 8.06. The maximum absolute atomic E-state index is 11.8. The van der Waals surface area contributed by atoms with Crippen molar-refractivity contribution < 1.29 is 13.3 Å². The topological polar surface area (TPSA) is 89.3 Å². The number of para-hydroxylation sites is 1. The third kappa shape index (κ3) is 3.67. The summed E-state index contributed by atoms with van der Waals surface area (Å²) in [6.07, 6.45) is 1.62. The van der Waals surface area contributed by atoms with E-state index in [0.29, 0.717) is 13.0 Å². The van der Waals surface area contributed by atoms with E-state index in [1.54, 1.807) is 0 Å². The van der Waals surface area contributed by atoms with Crippen LogP contribution in [0, 0.1) is 10.1 Å². The molecule has 0 bridgehead atoms. The van der Waals surface area contributed by atoms with E-state index in [1.807, 2.05) is 42.5 Å². The first kappa shape index (κ1) is 17.9. The normalized spacial score (nSPS) is 11.4. The van der Waals surface area contributed by atoms with E-state index in [-0.39, 0.29) is 10.6 Å². The first-order chi connectivity index (χ1) is 12.4. The van der Waals surface area contributed by atoms with Crippen LogP contribution < -0.4 is 5.32 Å². The number of anilines is 1. The molecule has 0 aliphatic carbocycles. The van der Waals surface area contributed by atoms with Crippen LogP contribution >= 0.6 is 0 Å². The number of fused-ring (bicyclic) bond motifs is 1. The Hall–Kier alpha value is -2.93. The number of sulfone groups is 1. The van der Waals surface area contributed by atoms with Crippen molar-refractivity contribution in [1.82, 2.24) is 0 Å². The molecule has 0 unspecified atom stereocenters. The second kappa shape index (κ2) is 7.13. The molecule has 0 saturated heterocycles. The van der Waals surface area contributed by atoms with Crippen molar-refractivity contribution in [2.45, 2.75) is 11.3 Å². The molecule has 0 aromatic heterocycles. The molecule has 0 fully saturated rings. The average Bonchev–Trinajstić information content (AvgIpc) is 2.61. The van der Waals surface area contributed by atoms with Crippen LogP contribution in [0.5, 0.6) is 0 Å². The van der Waals surface area contributed by atoms with E-state index in [0.717, 1.165) is 22.6 Å². The third-order valence-corrected chi connectivity index (χ3v) is 5.30. The van der Waals surface area contributed by atoms with Gasteiger partial charge in [-0.2, -0.15) is 0 Å². The van der Waals surface area contributed by atoms with Crippen molar-refractivity contribution in [2.75, 3.05) is 18.1 Å². The van der Waals surface area contributed by atoms with Gasteiger partial charge in [0.1, 0.15) is 10.6 Å². The van der Waals surface area contributed by atoms with Gasteiger partial charge in [0.25, 0.3) is 0 Å². The van der Waals surface area contributed by atoms with Gasteiger partial charge < -0.3 is 5.32 Å². The van der Waals surface area contributed by atoms with Gasteiger partial charge >= 0.3 is 5.69 Å². The fraction of sp³-hybridized carbons (Fsp3) is 0.158. The van der Waals surface area contributed by atoms with Crippen molar-refractivity contribution in [3.63, 3.8) is 0 Å². The molecule has 0 amide bonds. The van der Waals surface area contributed by atoms with Gasteiger partial charge in [-0.25, -0.2) is 8.42 Å². The number of rotatable bonds is 6. The van der Waals surface area contributed by atoms with Crippen molar-refractivity contribution in [2.24, 2.45) is 0 Å². The SMILES string of the molecule is CS(=O)(=O)c1cccc(NCCc2cccc3ccccc23)c1[N+](=O)[O-]. The zero-order valence-electron chi connectivity index (χ0n) is 14.2. The van der Waals surface area contributed by atoms with Crippen molar-refractivity contribution in [3.05, 3.63) is 76.3 Å². The van der Waals surface area contributed by atoms with Crippen molar-refractivity contribution in [1.29, 1.82) is 0 Å². The minimum absolute atomic E-state index is 0.207. The van der Waals surface area contributed by atoms with Gasteiger partial charge in [0.15, 0.2) is 9.84 Å². The fourth-order valence-corrected chi connectivity index (χ4v) is 3.86. The van der Waals surface area contributed by atoms with E-state index < -0.39 is 20.4 Å². The second-order valence-corrected chi connectivity index (χ2v) is 7.98. The van der Waals surface area contributed by atoms with Crippen LogP contribution in [0.25, 0.3) is 10.8 Å². The lowest BCUT2D eigenvalue weighted by Crippen LogP contribution is -2.10. The number of benzene rings is 3. The lowest BCUT2D eigenvalue weighted by Gasteiger charge is -2.11. The van der Waals surface area contributed by atoms with Crippen LogP contribution in [0.2, 0.25) is 0 Å². The molecule has 0 radical (unpaired) electrons. The molecule has 3 rings (SSSR count). The van der Waals surface area contributed by atoms with Crippen molar-refractivity contribution in [3.8, 4) is 0 Å². The summed E-state index contributed by atoms with van der Waals surface area (Å²) in [5, 5.41) is 16.7. The molecule has 26 heavy (non-hydrogen) atoms.